The van der Waals surface area contributed by atoms with Gasteiger partial charge in [0.25, 0.3) is 0 Å². The van der Waals surface area contributed by atoms with Crippen LogP contribution >= 0.6 is 0 Å². The molecule has 1 aliphatic rings. The Bertz CT molecular complexity index is 197. The number of hydrogen-bond acceptors (Lipinski definition) is 1. The van der Waals surface area contributed by atoms with Crippen molar-refractivity contribution >= 4 is 0 Å². The first kappa shape index (κ1) is 7.17. The molecule has 1 aliphatic heterocycles. The number of hydrogen-bond donors (Lipinski definition) is 0. The van der Waals surface area contributed by atoms with Crippen LogP contribution in [-0.2, 0) is 4.74 Å². The molecule has 0 aliphatic carbocycles. The van der Waals surface area contributed by atoms with E-state index in [-0.39, 0.29) is 0 Å². The summed E-state index contributed by atoms with van der Waals surface area (Å²) >= 11 is 0. The minimum absolute atomic E-state index is 0.630. The molecule has 1 atom stereocenters. The Morgan fingerprint density at radius 1 is 1.60 bits per heavy atom. The van der Waals surface area contributed by atoms with Gasteiger partial charge in [0.05, 0.1) is 5.76 Å². The molecule has 0 saturated carbocycles. The highest BCUT2D eigenvalue weighted by atomic mass is 16.5. The van der Waals surface area contributed by atoms with E-state index in [0.717, 1.165) is 24.4 Å². The first-order valence-corrected chi connectivity index (χ1v) is 3.47. The van der Waals surface area contributed by atoms with Crippen LogP contribution in [0, 0.1) is 5.92 Å². The molecule has 1 nitrogen and oxygen atoms in total. The van der Waals surface area contributed by atoms with Crippen LogP contribution < -0.4 is 0 Å². The summed E-state index contributed by atoms with van der Waals surface area (Å²) in [4.78, 5) is 0. The third-order valence-electron chi connectivity index (χ3n) is 1.57. The summed E-state index contributed by atoms with van der Waals surface area (Å²) in [5.74, 6) is 2.30. The molecular weight excluding hydrogens is 124 g/mol. The lowest BCUT2D eigenvalue weighted by molar-refractivity contribution is 0.213. The van der Waals surface area contributed by atoms with Crippen molar-refractivity contribution in [2.24, 2.45) is 5.92 Å². The van der Waals surface area contributed by atoms with E-state index >= 15 is 0 Å². The quantitative estimate of drug-likeness (QED) is 0.465. The summed E-state index contributed by atoms with van der Waals surface area (Å²) in [6.45, 7) is 9.45. The highest BCUT2D eigenvalue weighted by molar-refractivity contribution is 5.03. The molecule has 1 heterocycles. The van der Waals surface area contributed by atoms with Crippen LogP contribution in [0.5, 0.6) is 0 Å². The Hall–Kier alpha value is -0.940. The van der Waals surface area contributed by atoms with Gasteiger partial charge < -0.3 is 4.74 Å². The van der Waals surface area contributed by atoms with Crippen molar-refractivity contribution in [2.75, 3.05) is 0 Å². The standard InChI is InChI=1S/C9H12O/c1-4-9-6-7(2)5-8(3)10-9/h7H,1,3,5-6H2,2H3/t7-/m1/s1. The molecule has 1 saturated heterocycles. The maximum Gasteiger partial charge on any atom is 0.145 e. The first-order chi connectivity index (χ1) is 4.72. The Morgan fingerprint density at radius 3 is 2.80 bits per heavy atom. The van der Waals surface area contributed by atoms with Gasteiger partial charge in [0.15, 0.2) is 0 Å². The summed E-state index contributed by atoms with van der Waals surface area (Å²) in [7, 11) is 0. The largest absolute Gasteiger partial charge is 0.458 e. The summed E-state index contributed by atoms with van der Waals surface area (Å²) in [6.07, 6.45) is 1.91. The Balaban J connectivity index is 2.68. The van der Waals surface area contributed by atoms with Crippen LogP contribution in [0.2, 0.25) is 0 Å². The molecule has 1 fully saturated rings. The average molecular weight is 136 g/mol. The topological polar surface area (TPSA) is 9.23 Å². The number of ether oxygens (including phenoxy) is 1. The fourth-order valence-electron chi connectivity index (χ4n) is 1.14. The molecule has 0 aromatic heterocycles. The molecule has 1 heteroatoms. The predicted octanol–water partition coefficient (Wildman–Crippen LogP) is 2.62. The van der Waals surface area contributed by atoms with Gasteiger partial charge in [0, 0.05) is 12.8 Å². The molecule has 0 spiro atoms. The highest BCUT2D eigenvalue weighted by Crippen LogP contribution is 2.27. The van der Waals surface area contributed by atoms with Crippen molar-refractivity contribution in [3.63, 3.8) is 0 Å². The van der Waals surface area contributed by atoms with Crippen molar-refractivity contribution in [2.45, 2.75) is 19.8 Å². The molecule has 0 amide bonds. The monoisotopic (exact) mass is 136 g/mol. The molecule has 0 aromatic rings. The summed E-state index contributed by atoms with van der Waals surface area (Å²) in [5.41, 5.74) is 2.75. The van der Waals surface area contributed by atoms with Crippen molar-refractivity contribution in [3.05, 3.63) is 30.4 Å². The van der Waals surface area contributed by atoms with Crippen LogP contribution in [0.3, 0.4) is 0 Å². The van der Waals surface area contributed by atoms with Gasteiger partial charge in [-0.05, 0) is 5.92 Å². The van der Waals surface area contributed by atoms with Crippen LogP contribution in [0.25, 0.3) is 0 Å². The lowest BCUT2D eigenvalue weighted by Gasteiger charge is -2.21. The molecule has 10 heavy (non-hydrogen) atoms. The molecule has 0 bridgehead atoms. The van der Waals surface area contributed by atoms with Gasteiger partial charge >= 0.3 is 0 Å². The zero-order chi connectivity index (χ0) is 7.56. The summed E-state index contributed by atoms with van der Waals surface area (Å²) < 4.78 is 5.25. The van der Waals surface area contributed by atoms with Crippen LogP contribution in [0.15, 0.2) is 30.4 Å². The minimum atomic E-state index is 0.630. The fraction of sp³-hybridized carbons (Fsp3) is 0.444. The number of allylic oxidation sites excluding steroid dienone is 2. The molecule has 54 valence electrons. The minimum Gasteiger partial charge on any atom is -0.458 e. The fourth-order valence-corrected chi connectivity index (χ4v) is 1.14. The average Bonchev–Trinajstić information content (AvgIpc) is 1.85. The summed E-state index contributed by atoms with van der Waals surface area (Å²) in [5, 5.41) is 0. The van der Waals surface area contributed by atoms with Crippen molar-refractivity contribution in [1.29, 1.82) is 0 Å². The van der Waals surface area contributed by atoms with Gasteiger partial charge in [-0.1, -0.05) is 25.8 Å². The van der Waals surface area contributed by atoms with Gasteiger partial charge in [0.2, 0.25) is 0 Å². The maximum atomic E-state index is 5.25. The van der Waals surface area contributed by atoms with Gasteiger partial charge in [-0.2, -0.15) is 0 Å². The van der Waals surface area contributed by atoms with E-state index in [1.54, 1.807) is 0 Å². The Morgan fingerprint density at radius 2 is 2.30 bits per heavy atom. The van der Waals surface area contributed by atoms with Gasteiger partial charge in [-0.15, -0.1) is 0 Å². The lowest BCUT2D eigenvalue weighted by Crippen LogP contribution is -2.08. The zero-order valence-corrected chi connectivity index (χ0v) is 6.31. The van der Waals surface area contributed by atoms with Gasteiger partial charge in [-0.3, -0.25) is 0 Å². The van der Waals surface area contributed by atoms with Gasteiger partial charge in [0.1, 0.15) is 5.76 Å². The summed E-state index contributed by atoms with van der Waals surface area (Å²) in [6, 6.07) is 0. The van der Waals surface area contributed by atoms with Crippen LogP contribution in [0.4, 0.5) is 0 Å². The second-order valence-electron chi connectivity index (χ2n) is 2.75. The second kappa shape index (κ2) is 2.76. The molecule has 0 radical (unpaired) electrons. The molecule has 0 N–H and O–H groups in total. The van der Waals surface area contributed by atoms with Crippen LogP contribution in [0.1, 0.15) is 19.8 Å². The molecular formula is C9H12O. The van der Waals surface area contributed by atoms with Crippen molar-refractivity contribution in [1.82, 2.24) is 0 Å². The smallest absolute Gasteiger partial charge is 0.145 e. The predicted molar refractivity (Wildman–Crippen MR) is 41.3 cm³/mol. The van der Waals surface area contributed by atoms with E-state index in [1.165, 1.54) is 0 Å². The van der Waals surface area contributed by atoms with E-state index in [0.29, 0.717) is 5.92 Å². The molecule has 0 aromatic carbocycles. The molecule has 1 rings (SSSR count). The van der Waals surface area contributed by atoms with Crippen LogP contribution in [-0.4, -0.2) is 0 Å². The Kier molecular flexibility index (Phi) is 1.98. The SMILES string of the molecule is C=C=C1C[C@H](C)CC(=C)O1. The Labute approximate surface area is 61.7 Å². The lowest BCUT2D eigenvalue weighted by atomic mass is 9.99. The third kappa shape index (κ3) is 1.52. The normalized spacial score (nSPS) is 25.5. The first-order valence-electron chi connectivity index (χ1n) is 3.47. The zero-order valence-electron chi connectivity index (χ0n) is 6.31. The maximum absolute atomic E-state index is 5.25. The molecule has 0 unspecified atom stereocenters. The van der Waals surface area contributed by atoms with E-state index in [1.807, 2.05) is 0 Å². The van der Waals surface area contributed by atoms with Crippen molar-refractivity contribution in [3.8, 4) is 0 Å². The second-order valence-corrected chi connectivity index (χ2v) is 2.75. The van der Waals surface area contributed by atoms with E-state index in [4.69, 9.17) is 4.74 Å². The number of rotatable bonds is 0. The van der Waals surface area contributed by atoms with E-state index in [2.05, 4.69) is 25.8 Å². The third-order valence-corrected chi connectivity index (χ3v) is 1.57. The van der Waals surface area contributed by atoms with E-state index < -0.39 is 0 Å². The van der Waals surface area contributed by atoms with E-state index in [9.17, 15) is 0 Å². The highest BCUT2D eigenvalue weighted by Gasteiger charge is 2.15. The van der Waals surface area contributed by atoms with Crippen molar-refractivity contribution < 1.29 is 4.74 Å². The van der Waals surface area contributed by atoms with Gasteiger partial charge in [-0.25, -0.2) is 0 Å².